The van der Waals surface area contributed by atoms with Crippen molar-refractivity contribution in [1.29, 1.82) is 0 Å². The standard InChI is InChI=1S/C16H28N2O3/c1-11(2)16(3)10-14(19)18(15(16)20)8-9-21-13-6-4-12(17)5-7-13/h11-13H,4-10,17H2,1-3H3. The quantitative estimate of drug-likeness (QED) is 0.784. The average Bonchev–Trinajstić information content (AvgIpc) is 2.65. The summed E-state index contributed by atoms with van der Waals surface area (Å²) in [6.45, 7) is 6.70. The Kier molecular flexibility index (Phi) is 5.04. The fourth-order valence-corrected chi connectivity index (χ4v) is 3.15. The average molecular weight is 296 g/mol. The highest BCUT2D eigenvalue weighted by atomic mass is 16.5. The van der Waals surface area contributed by atoms with E-state index in [4.69, 9.17) is 10.5 Å². The molecule has 0 aromatic rings. The molecule has 1 aliphatic heterocycles. The third-order valence-corrected chi connectivity index (χ3v) is 5.21. The van der Waals surface area contributed by atoms with Crippen molar-refractivity contribution in [1.82, 2.24) is 4.90 Å². The van der Waals surface area contributed by atoms with Gasteiger partial charge in [-0.1, -0.05) is 13.8 Å². The maximum atomic E-state index is 12.4. The predicted octanol–water partition coefficient (Wildman–Crippen LogP) is 1.69. The molecule has 5 nitrogen and oxygen atoms in total. The van der Waals surface area contributed by atoms with E-state index in [0.29, 0.717) is 25.6 Å². The molecule has 0 spiro atoms. The first-order valence-corrected chi connectivity index (χ1v) is 8.06. The summed E-state index contributed by atoms with van der Waals surface area (Å²) in [4.78, 5) is 25.9. The van der Waals surface area contributed by atoms with Crippen molar-refractivity contribution in [3.05, 3.63) is 0 Å². The Morgan fingerprint density at radius 3 is 2.43 bits per heavy atom. The lowest BCUT2D eigenvalue weighted by Gasteiger charge is -2.28. The number of hydrogen-bond acceptors (Lipinski definition) is 4. The molecule has 1 aliphatic carbocycles. The van der Waals surface area contributed by atoms with Gasteiger partial charge in [-0.05, 0) is 38.5 Å². The summed E-state index contributed by atoms with van der Waals surface area (Å²) < 4.78 is 5.82. The van der Waals surface area contributed by atoms with Gasteiger partial charge in [0.05, 0.1) is 24.7 Å². The van der Waals surface area contributed by atoms with E-state index in [2.05, 4.69) is 0 Å². The van der Waals surface area contributed by atoms with Crippen LogP contribution in [0.2, 0.25) is 0 Å². The molecule has 2 rings (SSSR count). The molecule has 0 bridgehead atoms. The molecule has 0 aromatic heterocycles. The first-order chi connectivity index (χ1) is 9.84. The number of rotatable bonds is 5. The molecule has 0 radical (unpaired) electrons. The van der Waals surface area contributed by atoms with Crippen LogP contribution in [0.1, 0.15) is 52.9 Å². The summed E-state index contributed by atoms with van der Waals surface area (Å²) in [6.07, 6.45) is 4.51. The maximum absolute atomic E-state index is 12.4. The predicted molar refractivity (Wildman–Crippen MR) is 80.5 cm³/mol. The molecule has 1 heterocycles. The van der Waals surface area contributed by atoms with E-state index >= 15 is 0 Å². The van der Waals surface area contributed by atoms with Crippen molar-refractivity contribution < 1.29 is 14.3 Å². The summed E-state index contributed by atoms with van der Waals surface area (Å²) >= 11 is 0. The van der Waals surface area contributed by atoms with Crippen LogP contribution in [-0.4, -0.2) is 42.0 Å². The zero-order valence-corrected chi connectivity index (χ0v) is 13.4. The van der Waals surface area contributed by atoms with Gasteiger partial charge in [0.1, 0.15) is 0 Å². The number of carbonyl (C=O) groups is 2. The fourth-order valence-electron chi connectivity index (χ4n) is 3.15. The number of hydrogen-bond donors (Lipinski definition) is 1. The highest BCUT2D eigenvalue weighted by Crippen LogP contribution is 2.39. The summed E-state index contributed by atoms with van der Waals surface area (Å²) in [5, 5.41) is 0. The van der Waals surface area contributed by atoms with Gasteiger partial charge in [0.15, 0.2) is 0 Å². The van der Waals surface area contributed by atoms with Crippen molar-refractivity contribution in [2.24, 2.45) is 17.1 Å². The Bertz CT molecular complexity index is 402. The normalized spacial score (nSPS) is 34.0. The number of ether oxygens (including phenoxy) is 1. The van der Waals surface area contributed by atoms with Gasteiger partial charge in [0.2, 0.25) is 11.8 Å². The van der Waals surface area contributed by atoms with Crippen molar-refractivity contribution in [3.8, 4) is 0 Å². The minimum Gasteiger partial charge on any atom is -0.376 e. The molecule has 5 heteroatoms. The number of amides is 2. The summed E-state index contributed by atoms with van der Waals surface area (Å²) in [6, 6.07) is 0.304. The third kappa shape index (κ3) is 3.46. The van der Waals surface area contributed by atoms with Crippen molar-refractivity contribution in [2.45, 2.75) is 65.0 Å². The zero-order valence-electron chi connectivity index (χ0n) is 13.4. The molecular weight excluding hydrogens is 268 g/mol. The van der Waals surface area contributed by atoms with E-state index in [-0.39, 0.29) is 23.8 Å². The lowest BCUT2D eigenvalue weighted by Crippen LogP contribution is -2.39. The van der Waals surface area contributed by atoms with Crippen LogP contribution in [-0.2, 0) is 14.3 Å². The Balaban J connectivity index is 1.81. The number of nitrogens with two attached hydrogens (primary N) is 1. The van der Waals surface area contributed by atoms with E-state index in [0.717, 1.165) is 25.7 Å². The largest absolute Gasteiger partial charge is 0.376 e. The van der Waals surface area contributed by atoms with Crippen LogP contribution in [0.15, 0.2) is 0 Å². The van der Waals surface area contributed by atoms with Crippen molar-refractivity contribution >= 4 is 11.8 Å². The van der Waals surface area contributed by atoms with Gasteiger partial charge in [0.25, 0.3) is 0 Å². The van der Waals surface area contributed by atoms with Crippen LogP contribution in [0.25, 0.3) is 0 Å². The first kappa shape index (κ1) is 16.4. The molecule has 21 heavy (non-hydrogen) atoms. The van der Waals surface area contributed by atoms with Crippen LogP contribution in [0, 0.1) is 11.3 Å². The van der Waals surface area contributed by atoms with E-state index in [9.17, 15) is 9.59 Å². The number of likely N-dealkylation sites (tertiary alicyclic amines) is 1. The second-order valence-electron chi connectivity index (χ2n) is 7.01. The van der Waals surface area contributed by atoms with E-state index < -0.39 is 5.41 Å². The van der Waals surface area contributed by atoms with E-state index in [1.807, 2.05) is 20.8 Å². The first-order valence-electron chi connectivity index (χ1n) is 8.06. The minimum absolute atomic E-state index is 0.0447. The second kappa shape index (κ2) is 6.44. The van der Waals surface area contributed by atoms with Crippen LogP contribution in [0.5, 0.6) is 0 Å². The highest BCUT2D eigenvalue weighted by Gasteiger charge is 2.49. The monoisotopic (exact) mass is 296 g/mol. The molecule has 120 valence electrons. The van der Waals surface area contributed by atoms with E-state index in [1.54, 1.807) is 0 Å². The van der Waals surface area contributed by atoms with Gasteiger partial charge in [0, 0.05) is 12.5 Å². The number of imide groups is 1. The van der Waals surface area contributed by atoms with Crippen LogP contribution in [0.3, 0.4) is 0 Å². The molecule has 2 amide bonds. The van der Waals surface area contributed by atoms with Gasteiger partial charge in [-0.3, -0.25) is 14.5 Å². The molecule has 1 unspecified atom stereocenters. The minimum atomic E-state index is -0.547. The van der Waals surface area contributed by atoms with Crippen molar-refractivity contribution in [3.63, 3.8) is 0 Å². The van der Waals surface area contributed by atoms with Gasteiger partial charge < -0.3 is 10.5 Å². The van der Waals surface area contributed by atoms with Gasteiger partial charge in [-0.15, -0.1) is 0 Å². The van der Waals surface area contributed by atoms with Gasteiger partial charge >= 0.3 is 0 Å². The summed E-state index contributed by atoms with van der Waals surface area (Å²) in [7, 11) is 0. The summed E-state index contributed by atoms with van der Waals surface area (Å²) in [5.41, 5.74) is 5.32. The highest BCUT2D eigenvalue weighted by molar-refractivity contribution is 6.05. The molecule has 1 saturated carbocycles. The van der Waals surface area contributed by atoms with E-state index in [1.165, 1.54) is 4.90 Å². The Labute approximate surface area is 127 Å². The fraction of sp³-hybridized carbons (Fsp3) is 0.875. The third-order valence-electron chi connectivity index (χ3n) is 5.21. The Morgan fingerprint density at radius 2 is 1.90 bits per heavy atom. The molecule has 1 saturated heterocycles. The van der Waals surface area contributed by atoms with Gasteiger partial charge in [-0.25, -0.2) is 0 Å². The van der Waals surface area contributed by atoms with Crippen molar-refractivity contribution in [2.75, 3.05) is 13.2 Å². The Morgan fingerprint density at radius 1 is 1.29 bits per heavy atom. The number of nitrogens with zero attached hydrogens (tertiary/aromatic N) is 1. The topological polar surface area (TPSA) is 72.6 Å². The molecule has 2 aliphatic rings. The SMILES string of the molecule is CC(C)C1(C)CC(=O)N(CCOC2CCC(N)CC2)C1=O. The smallest absolute Gasteiger partial charge is 0.235 e. The zero-order chi connectivity index (χ0) is 15.6. The molecule has 1 atom stereocenters. The molecule has 0 aromatic carbocycles. The molecule has 2 N–H and O–H groups in total. The molecular formula is C16H28N2O3. The van der Waals surface area contributed by atoms with Crippen LogP contribution < -0.4 is 5.73 Å². The Hall–Kier alpha value is -0.940. The molecule has 2 fully saturated rings. The lowest BCUT2D eigenvalue weighted by molar-refractivity contribution is -0.143. The van der Waals surface area contributed by atoms with Crippen LogP contribution in [0.4, 0.5) is 0 Å². The summed E-state index contributed by atoms with van der Waals surface area (Å²) in [5.74, 6) is 0.0573. The lowest BCUT2D eigenvalue weighted by atomic mass is 9.78. The maximum Gasteiger partial charge on any atom is 0.235 e. The number of carbonyl (C=O) groups excluding carboxylic acids is 2. The van der Waals surface area contributed by atoms with Crippen LogP contribution >= 0.6 is 0 Å². The second-order valence-corrected chi connectivity index (χ2v) is 7.01. The van der Waals surface area contributed by atoms with Gasteiger partial charge in [-0.2, -0.15) is 0 Å².